The van der Waals surface area contributed by atoms with E-state index in [0.29, 0.717) is 11.9 Å². The molecule has 0 saturated carbocycles. The molecule has 1 saturated heterocycles. The van der Waals surface area contributed by atoms with Crippen molar-refractivity contribution in [3.8, 4) is 0 Å². The number of carbonyl (C=O) groups is 1. The summed E-state index contributed by atoms with van der Waals surface area (Å²) in [4.78, 5) is 24.8. The average Bonchev–Trinajstić information content (AvgIpc) is 3.18. The second kappa shape index (κ2) is 10.0. The van der Waals surface area contributed by atoms with Crippen LogP contribution in [-0.4, -0.2) is 52.4 Å². The first-order valence-electron chi connectivity index (χ1n) is 11.4. The van der Waals surface area contributed by atoms with Gasteiger partial charge in [-0.2, -0.15) is 0 Å². The van der Waals surface area contributed by atoms with Gasteiger partial charge in [-0.1, -0.05) is 49.1 Å². The molecule has 1 aromatic heterocycles. The van der Waals surface area contributed by atoms with Crippen LogP contribution in [-0.2, 0) is 0 Å². The van der Waals surface area contributed by atoms with Crippen LogP contribution in [0.2, 0.25) is 0 Å². The lowest BCUT2D eigenvalue weighted by atomic mass is 10.0. The van der Waals surface area contributed by atoms with Crippen molar-refractivity contribution in [2.75, 3.05) is 20.1 Å². The fourth-order valence-electron chi connectivity index (χ4n) is 4.46. The number of urea groups is 1. The van der Waals surface area contributed by atoms with Crippen molar-refractivity contribution in [3.63, 3.8) is 0 Å². The molecule has 2 N–H and O–H groups in total. The van der Waals surface area contributed by atoms with E-state index in [-0.39, 0.29) is 6.03 Å². The van der Waals surface area contributed by atoms with Gasteiger partial charge in [-0.25, -0.2) is 9.78 Å². The van der Waals surface area contributed by atoms with Crippen molar-refractivity contribution in [2.45, 2.75) is 38.9 Å². The fraction of sp³-hybridized carbons (Fsp3) is 0.346. The van der Waals surface area contributed by atoms with Crippen LogP contribution in [0.25, 0.3) is 5.70 Å². The highest BCUT2D eigenvalue weighted by atomic mass is 16.2. The summed E-state index contributed by atoms with van der Waals surface area (Å²) in [6.07, 6.45) is 8.79. The maximum absolute atomic E-state index is 13.2. The number of hydrogen-bond acceptors (Lipinski definition) is 4. The van der Waals surface area contributed by atoms with Crippen LogP contribution in [0.5, 0.6) is 0 Å². The second-order valence-corrected chi connectivity index (χ2v) is 8.44. The number of hydrogen-bond donors (Lipinski definition) is 2. The van der Waals surface area contributed by atoms with Gasteiger partial charge in [0, 0.05) is 36.6 Å². The molecular weight excluding hydrogens is 412 g/mol. The summed E-state index contributed by atoms with van der Waals surface area (Å²) in [7, 11) is 1.97. The molecule has 0 aliphatic carbocycles. The van der Waals surface area contributed by atoms with E-state index in [9.17, 15) is 4.79 Å². The topological polar surface area (TPSA) is 74.6 Å². The van der Waals surface area contributed by atoms with Crippen LogP contribution in [0.15, 0.2) is 71.9 Å². The number of nitrogens with zero attached hydrogens (tertiary/aromatic N) is 4. The van der Waals surface area contributed by atoms with Gasteiger partial charge in [0.25, 0.3) is 0 Å². The number of imidazole rings is 1. The van der Waals surface area contributed by atoms with Crippen LogP contribution in [0.4, 0.5) is 4.79 Å². The van der Waals surface area contributed by atoms with Crippen molar-refractivity contribution >= 4 is 17.4 Å². The number of aliphatic imine (C=N–C) groups is 1. The molecule has 2 amide bonds. The summed E-state index contributed by atoms with van der Waals surface area (Å²) in [5, 5.41) is 6.46. The van der Waals surface area contributed by atoms with Crippen LogP contribution in [0.1, 0.15) is 43.0 Å². The highest BCUT2D eigenvalue weighted by Crippen LogP contribution is 2.30. The van der Waals surface area contributed by atoms with E-state index in [1.165, 1.54) is 0 Å². The van der Waals surface area contributed by atoms with E-state index in [1.807, 2.05) is 67.6 Å². The van der Waals surface area contributed by atoms with E-state index in [0.717, 1.165) is 54.2 Å². The Labute approximate surface area is 195 Å². The molecule has 2 aliphatic heterocycles. The zero-order valence-electron chi connectivity index (χ0n) is 19.6. The number of carbonyl (C=O) groups excluding carboxylic acids is 1. The lowest BCUT2D eigenvalue weighted by Gasteiger charge is -2.32. The van der Waals surface area contributed by atoms with Gasteiger partial charge in [0.1, 0.15) is 0 Å². The molecule has 3 heterocycles. The smallest absolute Gasteiger partial charge is 0.319 e. The van der Waals surface area contributed by atoms with Crippen molar-refractivity contribution in [1.82, 2.24) is 25.1 Å². The van der Waals surface area contributed by atoms with Crippen molar-refractivity contribution < 1.29 is 4.79 Å². The lowest BCUT2D eigenvalue weighted by Crippen LogP contribution is -2.48. The zero-order chi connectivity index (χ0) is 23.4. The van der Waals surface area contributed by atoms with Crippen LogP contribution in [0, 0.1) is 6.92 Å². The summed E-state index contributed by atoms with van der Waals surface area (Å²) in [6.45, 7) is 9.34. The predicted molar refractivity (Wildman–Crippen MR) is 133 cm³/mol. The van der Waals surface area contributed by atoms with Crippen LogP contribution >= 0.6 is 0 Å². The predicted octanol–water partition coefficient (Wildman–Crippen LogP) is 4.06. The van der Waals surface area contributed by atoms with E-state index >= 15 is 0 Å². The molecule has 4 rings (SSSR count). The van der Waals surface area contributed by atoms with E-state index in [1.54, 1.807) is 6.08 Å². The van der Waals surface area contributed by atoms with E-state index < -0.39 is 6.17 Å². The summed E-state index contributed by atoms with van der Waals surface area (Å²) < 4.78 is 2.08. The lowest BCUT2D eigenvalue weighted by molar-refractivity contribution is 0.174. The Hall–Kier alpha value is -3.45. The minimum atomic E-state index is -0.604. The maximum atomic E-state index is 13.2. The maximum Gasteiger partial charge on any atom is 0.319 e. The van der Waals surface area contributed by atoms with Gasteiger partial charge in [0.15, 0.2) is 12.0 Å². The van der Waals surface area contributed by atoms with Gasteiger partial charge in [0.2, 0.25) is 0 Å². The zero-order valence-corrected chi connectivity index (χ0v) is 19.6. The van der Waals surface area contributed by atoms with E-state index in [4.69, 9.17) is 4.99 Å². The molecule has 1 aromatic carbocycles. The number of fused-ring (bicyclic) bond motifs is 1. The Balaban J connectivity index is 1.74. The largest absolute Gasteiger partial charge is 0.325 e. The number of aromatic nitrogens is 2. The SMILES string of the molecule is C=C/C=C\C1=C(C)C(c2ccccc2)=NC(NC(=O)N2CCC(NC)CC2)c2ncc(C)n21. The van der Waals surface area contributed by atoms with Crippen molar-refractivity contribution in [3.05, 3.63) is 84.0 Å². The first-order valence-corrected chi connectivity index (χ1v) is 11.4. The molecule has 0 spiro atoms. The Morgan fingerprint density at radius 1 is 1.18 bits per heavy atom. The first-order chi connectivity index (χ1) is 16.0. The highest BCUT2D eigenvalue weighted by Gasteiger charge is 2.30. The molecule has 2 aliphatic rings. The Kier molecular flexibility index (Phi) is 6.89. The van der Waals surface area contributed by atoms with Crippen molar-refractivity contribution in [1.29, 1.82) is 0 Å². The van der Waals surface area contributed by atoms with Crippen molar-refractivity contribution in [2.24, 2.45) is 4.99 Å². The quantitative estimate of drug-likeness (QED) is 0.683. The molecule has 2 aromatic rings. The second-order valence-electron chi connectivity index (χ2n) is 8.44. The normalized spacial score (nSPS) is 19.3. The monoisotopic (exact) mass is 444 g/mol. The molecule has 1 fully saturated rings. The first kappa shape index (κ1) is 22.7. The number of nitrogens with one attached hydrogen (secondary N) is 2. The third-order valence-electron chi connectivity index (χ3n) is 6.34. The Morgan fingerprint density at radius 3 is 2.58 bits per heavy atom. The van der Waals surface area contributed by atoms with Crippen LogP contribution in [0.3, 0.4) is 0 Å². The number of aryl methyl sites for hydroxylation is 1. The van der Waals surface area contributed by atoms with Gasteiger partial charge >= 0.3 is 6.03 Å². The van der Waals surface area contributed by atoms with Gasteiger partial charge in [-0.05, 0) is 45.4 Å². The molecular formula is C26H32N6O. The summed E-state index contributed by atoms with van der Waals surface area (Å²) in [5.74, 6) is 0.694. The summed E-state index contributed by atoms with van der Waals surface area (Å²) >= 11 is 0. The number of benzene rings is 1. The Morgan fingerprint density at radius 2 is 1.91 bits per heavy atom. The molecule has 1 atom stereocenters. The molecule has 7 nitrogen and oxygen atoms in total. The number of likely N-dealkylation sites (tertiary alicyclic amines) is 1. The number of rotatable bonds is 5. The third kappa shape index (κ3) is 4.68. The van der Waals surface area contributed by atoms with Crippen LogP contribution < -0.4 is 10.6 Å². The van der Waals surface area contributed by atoms with Gasteiger partial charge in [0.05, 0.1) is 11.4 Å². The van der Waals surface area contributed by atoms with Gasteiger partial charge < -0.3 is 15.5 Å². The molecule has 1 unspecified atom stereocenters. The number of allylic oxidation sites excluding steroid dienone is 5. The fourth-order valence-corrected chi connectivity index (χ4v) is 4.46. The molecule has 33 heavy (non-hydrogen) atoms. The minimum Gasteiger partial charge on any atom is -0.325 e. The summed E-state index contributed by atoms with van der Waals surface area (Å²) in [6, 6.07) is 10.4. The third-order valence-corrected chi connectivity index (χ3v) is 6.34. The Bertz CT molecular complexity index is 1100. The number of amides is 2. The standard InChI is InChI=1S/C26H32N6O/c1-5-6-12-22-19(3)23(20-10-8-7-9-11-20)29-24(25-28-17-18(2)32(22)25)30-26(33)31-15-13-21(27-4)14-16-31/h5-12,17,21,24,27H,1,13-16H2,2-4H3,(H,30,33)/b12-6-. The minimum absolute atomic E-state index is 0.111. The molecule has 7 heteroatoms. The van der Waals surface area contributed by atoms with Gasteiger partial charge in [-0.3, -0.25) is 9.56 Å². The molecule has 0 bridgehead atoms. The van der Waals surface area contributed by atoms with Gasteiger partial charge in [-0.15, -0.1) is 0 Å². The summed E-state index contributed by atoms with van der Waals surface area (Å²) in [5.41, 5.74) is 4.79. The molecule has 0 radical (unpaired) electrons. The highest BCUT2D eigenvalue weighted by molar-refractivity contribution is 6.16. The molecule has 172 valence electrons. The average molecular weight is 445 g/mol. The van der Waals surface area contributed by atoms with E-state index in [2.05, 4.69) is 33.7 Å². The number of piperidine rings is 1.